The van der Waals surface area contributed by atoms with Gasteiger partial charge >= 0.3 is 0 Å². The third-order valence-corrected chi connectivity index (χ3v) is 6.84. The summed E-state index contributed by atoms with van der Waals surface area (Å²) in [5, 5.41) is 4.00. The van der Waals surface area contributed by atoms with Gasteiger partial charge in [0.25, 0.3) is 0 Å². The Morgan fingerprint density at radius 1 is 1.03 bits per heavy atom. The van der Waals surface area contributed by atoms with Crippen LogP contribution in [0.15, 0.2) is 47.0 Å². The molecule has 172 valence electrons. The van der Waals surface area contributed by atoms with Crippen LogP contribution in [0.25, 0.3) is 0 Å². The number of carbonyl (C=O) groups excluding carboxylic acids is 1. The number of nitrogens with zero attached hydrogens (tertiary/aromatic N) is 3. The van der Waals surface area contributed by atoms with E-state index in [-0.39, 0.29) is 5.91 Å². The van der Waals surface area contributed by atoms with E-state index in [1.165, 1.54) is 16.7 Å². The normalized spacial score (nSPS) is 16.0. The number of rotatable bonds is 5. The zero-order valence-corrected chi connectivity index (χ0v) is 19.5. The molecule has 2 aromatic carbocycles. The van der Waals surface area contributed by atoms with E-state index in [1.54, 1.807) is 0 Å². The van der Waals surface area contributed by atoms with Gasteiger partial charge in [-0.25, -0.2) is 0 Å². The number of aromatic nitrogens is 1. The Morgan fingerprint density at radius 3 is 2.70 bits per heavy atom. The first-order valence-corrected chi connectivity index (χ1v) is 11.8. The molecule has 2 aliphatic rings. The van der Waals surface area contributed by atoms with Crippen LogP contribution in [0, 0.1) is 13.8 Å². The van der Waals surface area contributed by atoms with Crippen molar-refractivity contribution in [3.8, 4) is 5.75 Å². The molecule has 0 atom stereocenters. The summed E-state index contributed by atoms with van der Waals surface area (Å²) in [6.07, 6.45) is 2.20. The highest BCUT2D eigenvalue weighted by Gasteiger charge is 2.22. The van der Waals surface area contributed by atoms with Crippen LogP contribution in [-0.4, -0.2) is 40.6 Å². The number of ether oxygens (including phenoxy) is 1. The Hall–Kier alpha value is -3.12. The summed E-state index contributed by atoms with van der Waals surface area (Å²) in [5.41, 5.74) is 7.16. The van der Waals surface area contributed by atoms with Crippen molar-refractivity contribution in [2.45, 2.75) is 52.7 Å². The van der Waals surface area contributed by atoms with Gasteiger partial charge in [-0.3, -0.25) is 9.69 Å². The molecule has 3 heterocycles. The fraction of sp³-hybridized carbons (Fsp3) is 0.407. The smallest absolute Gasteiger partial charge is 0.223 e. The zero-order valence-electron chi connectivity index (χ0n) is 19.5. The summed E-state index contributed by atoms with van der Waals surface area (Å²) in [5.74, 6) is 1.84. The highest BCUT2D eigenvalue weighted by molar-refractivity contribution is 5.76. The third kappa shape index (κ3) is 4.81. The quantitative estimate of drug-likeness (QED) is 0.589. The molecule has 0 aliphatic carbocycles. The topological polar surface area (TPSA) is 58.8 Å². The molecule has 0 radical (unpaired) electrons. The van der Waals surface area contributed by atoms with Crippen molar-refractivity contribution < 1.29 is 14.1 Å². The molecule has 0 saturated carbocycles. The minimum Gasteiger partial charge on any atom is -0.491 e. The molecular weight excluding hydrogens is 414 g/mol. The van der Waals surface area contributed by atoms with Crippen molar-refractivity contribution in [2.24, 2.45) is 0 Å². The van der Waals surface area contributed by atoms with Crippen LogP contribution in [0.5, 0.6) is 5.75 Å². The summed E-state index contributed by atoms with van der Waals surface area (Å²) in [6.45, 7) is 8.49. The van der Waals surface area contributed by atoms with Gasteiger partial charge in [-0.05, 0) is 55.5 Å². The number of hydrogen-bond acceptors (Lipinski definition) is 5. The fourth-order valence-corrected chi connectivity index (χ4v) is 4.96. The maximum Gasteiger partial charge on any atom is 0.223 e. The Labute approximate surface area is 195 Å². The van der Waals surface area contributed by atoms with Crippen LogP contribution in [0.4, 0.5) is 0 Å². The van der Waals surface area contributed by atoms with Crippen LogP contribution < -0.4 is 4.74 Å². The third-order valence-electron chi connectivity index (χ3n) is 6.84. The lowest BCUT2D eigenvalue weighted by Crippen LogP contribution is -2.32. The van der Waals surface area contributed by atoms with Gasteiger partial charge in [-0.15, -0.1) is 0 Å². The molecule has 5 rings (SSSR count). The highest BCUT2D eigenvalue weighted by Crippen LogP contribution is 2.27. The second-order valence-corrected chi connectivity index (χ2v) is 9.14. The van der Waals surface area contributed by atoms with E-state index in [0.29, 0.717) is 32.5 Å². The number of aryl methyl sites for hydroxylation is 2. The SMILES string of the molecule is Cc1noc(C)c1CCC(=O)N1CCOc2ccc(CN3CCc4ccccc4C3)cc2C1. The zero-order chi connectivity index (χ0) is 22.8. The van der Waals surface area contributed by atoms with Crippen molar-refractivity contribution in [2.75, 3.05) is 19.7 Å². The lowest BCUT2D eigenvalue weighted by Gasteiger charge is -2.29. The molecule has 33 heavy (non-hydrogen) atoms. The first-order valence-electron chi connectivity index (χ1n) is 11.8. The molecule has 6 heteroatoms. The standard InChI is InChI=1S/C27H31N3O3/c1-19-25(20(2)33-28-19)8-10-27(31)30-13-14-32-26-9-7-21(15-24(26)18-30)16-29-12-11-22-5-3-4-6-23(22)17-29/h3-7,9,15H,8,10-14,16-18H2,1-2H3. The lowest BCUT2D eigenvalue weighted by atomic mass is 9.99. The van der Waals surface area contributed by atoms with Gasteiger partial charge in [-0.1, -0.05) is 35.5 Å². The average molecular weight is 446 g/mol. The first-order chi connectivity index (χ1) is 16.1. The Morgan fingerprint density at radius 2 is 1.88 bits per heavy atom. The maximum absolute atomic E-state index is 13.0. The van der Waals surface area contributed by atoms with Gasteiger partial charge in [0.15, 0.2) is 0 Å². The van der Waals surface area contributed by atoms with Gasteiger partial charge in [0, 0.05) is 43.7 Å². The predicted molar refractivity (Wildman–Crippen MR) is 126 cm³/mol. The van der Waals surface area contributed by atoms with Crippen LogP contribution in [-0.2, 0) is 37.3 Å². The number of fused-ring (bicyclic) bond motifs is 2. The van der Waals surface area contributed by atoms with Crippen LogP contribution in [0.3, 0.4) is 0 Å². The molecule has 2 aliphatic heterocycles. The Bertz CT molecular complexity index is 1130. The minimum absolute atomic E-state index is 0.143. The molecule has 1 amide bonds. The van der Waals surface area contributed by atoms with E-state index < -0.39 is 0 Å². The van der Waals surface area contributed by atoms with E-state index >= 15 is 0 Å². The summed E-state index contributed by atoms with van der Waals surface area (Å²) >= 11 is 0. The van der Waals surface area contributed by atoms with Crippen molar-refractivity contribution in [1.29, 1.82) is 0 Å². The molecule has 0 unspecified atom stereocenters. The molecule has 0 bridgehead atoms. The van der Waals surface area contributed by atoms with E-state index in [2.05, 4.69) is 52.5 Å². The van der Waals surface area contributed by atoms with Crippen LogP contribution in [0.2, 0.25) is 0 Å². The molecule has 0 N–H and O–H groups in total. The molecule has 0 fully saturated rings. The number of carbonyl (C=O) groups is 1. The van der Waals surface area contributed by atoms with Gasteiger partial charge in [0.05, 0.1) is 12.2 Å². The predicted octanol–water partition coefficient (Wildman–Crippen LogP) is 4.20. The Kier molecular flexibility index (Phi) is 6.18. The van der Waals surface area contributed by atoms with Crippen LogP contribution >= 0.6 is 0 Å². The monoisotopic (exact) mass is 445 g/mol. The second-order valence-electron chi connectivity index (χ2n) is 9.14. The van der Waals surface area contributed by atoms with Crippen LogP contribution in [0.1, 0.15) is 45.7 Å². The average Bonchev–Trinajstić information content (AvgIpc) is 3.01. The largest absolute Gasteiger partial charge is 0.491 e. The van der Waals surface area contributed by atoms with Crippen molar-refractivity contribution >= 4 is 5.91 Å². The lowest BCUT2D eigenvalue weighted by molar-refractivity contribution is -0.131. The van der Waals surface area contributed by atoms with E-state index in [4.69, 9.17) is 9.26 Å². The van der Waals surface area contributed by atoms with Gasteiger partial charge in [0.2, 0.25) is 5.91 Å². The van der Waals surface area contributed by atoms with Gasteiger partial charge in [-0.2, -0.15) is 0 Å². The fourth-order valence-electron chi connectivity index (χ4n) is 4.96. The first kappa shape index (κ1) is 21.7. The molecule has 6 nitrogen and oxygen atoms in total. The molecule has 0 spiro atoms. The number of amides is 1. The highest BCUT2D eigenvalue weighted by atomic mass is 16.5. The summed E-state index contributed by atoms with van der Waals surface area (Å²) in [7, 11) is 0. The summed E-state index contributed by atoms with van der Waals surface area (Å²) in [6, 6.07) is 15.2. The van der Waals surface area contributed by atoms with E-state index in [0.717, 1.165) is 54.4 Å². The summed E-state index contributed by atoms with van der Waals surface area (Å²) in [4.78, 5) is 17.4. The van der Waals surface area contributed by atoms with Crippen molar-refractivity contribution in [3.63, 3.8) is 0 Å². The summed E-state index contributed by atoms with van der Waals surface area (Å²) < 4.78 is 11.2. The number of hydrogen-bond donors (Lipinski definition) is 0. The Balaban J connectivity index is 1.24. The van der Waals surface area contributed by atoms with Gasteiger partial charge in [0.1, 0.15) is 18.1 Å². The number of benzene rings is 2. The van der Waals surface area contributed by atoms with Crippen molar-refractivity contribution in [3.05, 3.63) is 81.7 Å². The van der Waals surface area contributed by atoms with Gasteiger partial charge < -0.3 is 14.2 Å². The minimum atomic E-state index is 0.143. The maximum atomic E-state index is 13.0. The van der Waals surface area contributed by atoms with Crippen molar-refractivity contribution in [1.82, 2.24) is 15.0 Å². The molecule has 0 saturated heterocycles. The molecule has 1 aromatic heterocycles. The second kappa shape index (κ2) is 9.40. The molecule has 3 aromatic rings. The molecular formula is C27H31N3O3. The van der Waals surface area contributed by atoms with E-state index in [1.807, 2.05) is 18.7 Å². The van der Waals surface area contributed by atoms with E-state index in [9.17, 15) is 4.79 Å².